The highest BCUT2D eigenvalue weighted by Gasteiger charge is 2.29. The fraction of sp³-hybridized carbons (Fsp3) is 0.500. The SMILES string of the molecule is O=S1(=O)CCCN(S(=O)(=O)c2ccc(Cl)c(CCl)c2)CC1. The molecule has 0 spiro atoms. The Bertz CT molecular complexity index is 732. The summed E-state index contributed by atoms with van der Waals surface area (Å²) >= 11 is 11.7. The molecule has 1 aromatic rings. The van der Waals surface area contributed by atoms with E-state index >= 15 is 0 Å². The summed E-state index contributed by atoms with van der Waals surface area (Å²) < 4.78 is 49.5. The Morgan fingerprint density at radius 2 is 1.90 bits per heavy atom. The molecule has 1 heterocycles. The largest absolute Gasteiger partial charge is 0.243 e. The van der Waals surface area contributed by atoms with Gasteiger partial charge in [0.25, 0.3) is 0 Å². The van der Waals surface area contributed by atoms with Gasteiger partial charge in [-0.05, 0) is 30.2 Å². The Morgan fingerprint density at radius 1 is 1.19 bits per heavy atom. The molecule has 5 nitrogen and oxygen atoms in total. The Kier molecular flexibility index (Phi) is 5.20. The number of nitrogens with zero attached hydrogens (tertiary/aromatic N) is 1. The average Bonchev–Trinajstić information content (AvgIpc) is 2.60. The molecule has 0 radical (unpaired) electrons. The van der Waals surface area contributed by atoms with Gasteiger partial charge in [-0.15, -0.1) is 11.6 Å². The molecule has 21 heavy (non-hydrogen) atoms. The van der Waals surface area contributed by atoms with Crippen molar-refractivity contribution >= 4 is 43.1 Å². The molecule has 1 fully saturated rings. The first-order chi connectivity index (χ1) is 9.76. The lowest BCUT2D eigenvalue weighted by Crippen LogP contribution is -2.33. The summed E-state index contributed by atoms with van der Waals surface area (Å²) in [5.41, 5.74) is 0.529. The molecule has 0 aliphatic carbocycles. The van der Waals surface area contributed by atoms with Crippen molar-refractivity contribution in [2.45, 2.75) is 17.2 Å². The Morgan fingerprint density at radius 3 is 2.57 bits per heavy atom. The van der Waals surface area contributed by atoms with Gasteiger partial charge >= 0.3 is 0 Å². The number of benzene rings is 1. The van der Waals surface area contributed by atoms with Crippen LogP contribution in [0.5, 0.6) is 0 Å². The van der Waals surface area contributed by atoms with E-state index in [0.29, 0.717) is 17.0 Å². The number of sulfone groups is 1. The van der Waals surface area contributed by atoms with Crippen LogP contribution in [0.2, 0.25) is 5.02 Å². The van der Waals surface area contributed by atoms with Crippen LogP contribution in [-0.4, -0.2) is 45.7 Å². The zero-order chi connectivity index (χ0) is 15.7. The van der Waals surface area contributed by atoms with Crippen LogP contribution < -0.4 is 0 Å². The first-order valence-corrected chi connectivity index (χ1v) is 10.5. The van der Waals surface area contributed by atoms with Crippen molar-refractivity contribution in [3.63, 3.8) is 0 Å². The minimum Gasteiger partial charge on any atom is -0.229 e. The maximum absolute atomic E-state index is 12.6. The van der Waals surface area contributed by atoms with Crippen LogP contribution in [0.25, 0.3) is 0 Å². The molecule has 9 heteroatoms. The second-order valence-corrected chi connectivity index (χ2v) is 9.71. The zero-order valence-electron chi connectivity index (χ0n) is 11.1. The lowest BCUT2D eigenvalue weighted by atomic mass is 10.2. The number of halogens is 2. The van der Waals surface area contributed by atoms with Crippen LogP contribution in [0, 0.1) is 0 Å². The Hall–Kier alpha value is -0.340. The van der Waals surface area contributed by atoms with Crippen LogP contribution in [0.4, 0.5) is 0 Å². The molecule has 0 aromatic heterocycles. The van der Waals surface area contributed by atoms with E-state index in [2.05, 4.69) is 0 Å². The molecule has 0 N–H and O–H groups in total. The summed E-state index contributed by atoms with van der Waals surface area (Å²) in [6, 6.07) is 4.33. The topological polar surface area (TPSA) is 71.5 Å². The molecule has 0 amide bonds. The number of hydrogen-bond acceptors (Lipinski definition) is 4. The second-order valence-electron chi connectivity index (χ2n) is 4.80. The van der Waals surface area contributed by atoms with Gasteiger partial charge in [-0.25, -0.2) is 16.8 Å². The van der Waals surface area contributed by atoms with Crippen molar-refractivity contribution < 1.29 is 16.8 Å². The average molecular weight is 372 g/mol. The van der Waals surface area contributed by atoms with Crippen molar-refractivity contribution in [3.8, 4) is 0 Å². The molecular formula is C12H15Cl2NO4S2. The van der Waals surface area contributed by atoms with E-state index in [-0.39, 0.29) is 35.4 Å². The molecule has 1 saturated heterocycles. The first-order valence-electron chi connectivity index (χ1n) is 6.31. The molecule has 118 valence electrons. The quantitative estimate of drug-likeness (QED) is 0.760. The van der Waals surface area contributed by atoms with Crippen molar-refractivity contribution in [1.29, 1.82) is 0 Å². The Balaban J connectivity index is 2.33. The molecule has 1 aromatic carbocycles. The number of sulfonamides is 1. The van der Waals surface area contributed by atoms with E-state index in [1.54, 1.807) is 0 Å². The molecule has 0 unspecified atom stereocenters. The standard InChI is InChI=1S/C12H15Cl2NO4S2/c13-9-10-8-11(2-3-12(10)14)21(18,19)15-4-1-6-20(16,17)7-5-15/h2-3,8H,1,4-7,9H2. The molecule has 2 rings (SSSR count). The lowest BCUT2D eigenvalue weighted by Gasteiger charge is -2.19. The number of rotatable bonds is 3. The van der Waals surface area contributed by atoms with Gasteiger partial charge in [-0.1, -0.05) is 11.6 Å². The summed E-state index contributed by atoms with van der Waals surface area (Å²) in [5.74, 6) is -0.0225. The minimum absolute atomic E-state index is 0.0204. The van der Waals surface area contributed by atoms with Gasteiger partial charge in [0.05, 0.1) is 16.4 Å². The van der Waals surface area contributed by atoms with Gasteiger partial charge in [0, 0.05) is 24.0 Å². The predicted molar refractivity (Wildman–Crippen MR) is 83.0 cm³/mol. The van der Waals surface area contributed by atoms with E-state index in [1.807, 2.05) is 0 Å². The van der Waals surface area contributed by atoms with E-state index in [1.165, 1.54) is 22.5 Å². The van der Waals surface area contributed by atoms with Crippen LogP contribution in [0.1, 0.15) is 12.0 Å². The van der Waals surface area contributed by atoms with Crippen LogP contribution in [0.3, 0.4) is 0 Å². The normalized spacial score (nSPS) is 20.1. The van der Waals surface area contributed by atoms with Crippen molar-refractivity contribution in [3.05, 3.63) is 28.8 Å². The number of hydrogen-bond donors (Lipinski definition) is 0. The number of alkyl halides is 1. The van der Waals surface area contributed by atoms with Gasteiger partial charge in [0.1, 0.15) is 0 Å². The third-order valence-electron chi connectivity index (χ3n) is 3.31. The van der Waals surface area contributed by atoms with Gasteiger partial charge in [0.2, 0.25) is 10.0 Å². The van der Waals surface area contributed by atoms with E-state index in [0.717, 1.165) is 0 Å². The van der Waals surface area contributed by atoms with Gasteiger partial charge in [-0.3, -0.25) is 0 Å². The zero-order valence-corrected chi connectivity index (χ0v) is 14.3. The molecular weight excluding hydrogens is 357 g/mol. The summed E-state index contributed by atoms with van der Waals surface area (Å²) in [7, 11) is -6.90. The van der Waals surface area contributed by atoms with Crippen LogP contribution in [-0.2, 0) is 25.7 Å². The van der Waals surface area contributed by atoms with E-state index < -0.39 is 19.9 Å². The van der Waals surface area contributed by atoms with Crippen molar-refractivity contribution in [2.75, 3.05) is 24.6 Å². The third-order valence-corrected chi connectivity index (χ3v) is 7.58. The van der Waals surface area contributed by atoms with Crippen molar-refractivity contribution in [2.24, 2.45) is 0 Å². The minimum atomic E-state index is -3.73. The van der Waals surface area contributed by atoms with Gasteiger partial charge in [-0.2, -0.15) is 4.31 Å². The molecule has 1 aliphatic rings. The third kappa shape index (κ3) is 3.90. The summed E-state index contributed by atoms with van der Waals surface area (Å²) in [5, 5.41) is 0.405. The molecule has 0 atom stereocenters. The maximum Gasteiger partial charge on any atom is 0.243 e. The maximum atomic E-state index is 12.6. The fourth-order valence-corrected chi connectivity index (χ4v) is 5.51. The van der Waals surface area contributed by atoms with Gasteiger partial charge < -0.3 is 0 Å². The predicted octanol–water partition coefficient (Wildman–Crippen LogP) is 1.89. The molecule has 0 bridgehead atoms. The second kappa shape index (κ2) is 6.42. The van der Waals surface area contributed by atoms with E-state index in [9.17, 15) is 16.8 Å². The first kappa shape index (κ1) is 17.0. The van der Waals surface area contributed by atoms with Crippen LogP contribution >= 0.6 is 23.2 Å². The highest BCUT2D eigenvalue weighted by molar-refractivity contribution is 7.91. The fourth-order valence-electron chi connectivity index (χ4n) is 2.12. The molecule has 0 saturated carbocycles. The van der Waals surface area contributed by atoms with Gasteiger partial charge in [0.15, 0.2) is 9.84 Å². The van der Waals surface area contributed by atoms with Crippen LogP contribution in [0.15, 0.2) is 23.1 Å². The van der Waals surface area contributed by atoms with Crippen molar-refractivity contribution in [1.82, 2.24) is 4.31 Å². The summed E-state index contributed by atoms with van der Waals surface area (Å²) in [6.45, 7) is 0.171. The smallest absolute Gasteiger partial charge is 0.229 e. The van der Waals surface area contributed by atoms with E-state index in [4.69, 9.17) is 23.2 Å². The Labute approximate surface area is 134 Å². The lowest BCUT2D eigenvalue weighted by molar-refractivity contribution is 0.434. The highest BCUT2D eigenvalue weighted by Crippen LogP contribution is 2.25. The monoisotopic (exact) mass is 371 g/mol. The summed E-state index contributed by atoms with van der Waals surface area (Å²) in [6.07, 6.45) is 0.303. The highest BCUT2D eigenvalue weighted by atomic mass is 35.5. The molecule has 1 aliphatic heterocycles. The summed E-state index contributed by atoms with van der Waals surface area (Å²) in [4.78, 5) is 0.0850.